The molecule has 0 aromatic heterocycles. The van der Waals surface area contributed by atoms with Crippen molar-refractivity contribution >= 4 is 11.9 Å². The SMILES string of the molecule is CCCCCC(CCC)COC(=O)C1CCCC(C(=O)OCCCCCC(C)C)C1. The van der Waals surface area contributed by atoms with Crippen LogP contribution in [-0.4, -0.2) is 25.2 Å². The van der Waals surface area contributed by atoms with Gasteiger partial charge in [-0.15, -0.1) is 0 Å². The summed E-state index contributed by atoms with van der Waals surface area (Å²) in [6, 6.07) is 0. The van der Waals surface area contributed by atoms with Gasteiger partial charge in [0.25, 0.3) is 0 Å². The second-order valence-electron chi connectivity index (χ2n) is 9.75. The van der Waals surface area contributed by atoms with Crippen molar-refractivity contribution in [3.63, 3.8) is 0 Å². The average molecular weight is 425 g/mol. The molecule has 176 valence electrons. The molecule has 0 aliphatic heterocycles. The number of unbranched alkanes of at least 4 members (excludes halogenated alkanes) is 4. The first-order valence-corrected chi connectivity index (χ1v) is 12.8. The van der Waals surface area contributed by atoms with Crippen molar-refractivity contribution < 1.29 is 19.1 Å². The highest BCUT2D eigenvalue weighted by Crippen LogP contribution is 2.31. The Hall–Kier alpha value is -1.06. The van der Waals surface area contributed by atoms with Crippen molar-refractivity contribution in [3.05, 3.63) is 0 Å². The molecule has 1 aliphatic carbocycles. The zero-order valence-corrected chi connectivity index (χ0v) is 20.3. The first-order chi connectivity index (χ1) is 14.5. The lowest BCUT2D eigenvalue weighted by molar-refractivity contribution is -0.156. The van der Waals surface area contributed by atoms with Crippen LogP contribution in [0.15, 0.2) is 0 Å². The minimum absolute atomic E-state index is 0.0993. The lowest BCUT2D eigenvalue weighted by atomic mass is 9.81. The molecular weight excluding hydrogens is 376 g/mol. The maximum atomic E-state index is 12.6. The Bertz CT molecular complexity index is 460. The lowest BCUT2D eigenvalue weighted by Crippen LogP contribution is -2.30. The fourth-order valence-electron chi connectivity index (χ4n) is 4.46. The van der Waals surface area contributed by atoms with Crippen molar-refractivity contribution in [1.29, 1.82) is 0 Å². The third kappa shape index (κ3) is 12.0. The third-order valence-electron chi connectivity index (χ3n) is 6.39. The van der Waals surface area contributed by atoms with Crippen LogP contribution in [0.25, 0.3) is 0 Å². The largest absolute Gasteiger partial charge is 0.465 e. The van der Waals surface area contributed by atoms with E-state index in [9.17, 15) is 9.59 Å². The van der Waals surface area contributed by atoms with Crippen LogP contribution >= 0.6 is 0 Å². The van der Waals surface area contributed by atoms with Crippen molar-refractivity contribution in [3.8, 4) is 0 Å². The van der Waals surface area contributed by atoms with Gasteiger partial charge in [0, 0.05) is 0 Å². The standard InChI is InChI=1S/C26H48O4/c1-5-7-9-15-22(13-6-2)20-30-26(28)24-17-12-16-23(19-24)25(27)29-18-11-8-10-14-21(3)4/h21-24H,5-20H2,1-4H3. The summed E-state index contributed by atoms with van der Waals surface area (Å²) in [5.74, 6) is 0.728. The molecule has 0 spiro atoms. The molecule has 0 aromatic rings. The molecule has 30 heavy (non-hydrogen) atoms. The molecule has 0 saturated heterocycles. The van der Waals surface area contributed by atoms with Gasteiger partial charge in [-0.2, -0.15) is 0 Å². The molecule has 4 heteroatoms. The summed E-state index contributed by atoms with van der Waals surface area (Å²) < 4.78 is 11.2. The Morgan fingerprint density at radius 2 is 1.47 bits per heavy atom. The summed E-state index contributed by atoms with van der Waals surface area (Å²) in [6.45, 7) is 9.93. The highest BCUT2D eigenvalue weighted by Gasteiger charge is 2.33. The van der Waals surface area contributed by atoms with E-state index < -0.39 is 0 Å². The van der Waals surface area contributed by atoms with Crippen LogP contribution in [0.4, 0.5) is 0 Å². The normalized spacial score (nSPS) is 20.2. The van der Waals surface area contributed by atoms with Gasteiger partial charge in [-0.25, -0.2) is 0 Å². The highest BCUT2D eigenvalue weighted by molar-refractivity contribution is 5.76. The van der Waals surface area contributed by atoms with Gasteiger partial charge in [0.1, 0.15) is 0 Å². The zero-order chi connectivity index (χ0) is 22.2. The number of ether oxygens (including phenoxy) is 2. The Labute approximate surface area is 185 Å². The van der Waals surface area contributed by atoms with Gasteiger partial charge >= 0.3 is 11.9 Å². The summed E-state index contributed by atoms with van der Waals surface area (Å²) in [5.41, 5.74) is 0. The van der Waals surface area contributed by atoms with Crippen molar-refractivity contribution in [2.24, 2.45) is 23.7 Å². The molecule has 1 fully saturated rings. The van der Waals surface area contributed by atoms with Crippen LogP contribution in [-0.2, 0) is 19.1 Å². The first kappa shape index (κ1) is 27.0. The van der Waals surface area contributed by atoms with E-state index in [-0.39, 0.29) is 23.8 Å². The minimum atomic E-state index is -0.139. The second-order valence-corrected chi connectivity index (χ2v) is 9.75. The molecule has 0 amide bonds. The maximum Gasteiger partial charge on any atom is 0.308 e. The van der Waals surface area contributed by atoms with Crippen LogP contribution in [0, 0.1) is 23.7 Å². The molecule has 0 radical (unpaired) electrons. The highest BCUT2D eigenvalue weighted by atomic mass is 16.5. The molecule has 1 saturated carbocycles. The van der Waals surface area contributed by atoms with E-state index in [0.29, 0.717) is 25.6 Å². The first-order valence-electron chi connectivity index (χ1n) is 12.8. The van der Waals surface area contributed by atoms with Gasteiger partial charge < -0.3 is 9.47 Å². The predicted octanol–water partition coefficient (Wildman–Crippen LogP) is 7.09. The Morgan fingerprint density at radius 3 is 2.10 bits per heavy atom. The Morgan fingerprint density at radius 1 is 0.800 bits per heavy atom. The third-order valence-corrected chi connectivity index (χ3v) is 6.39. The van der Waals surface area contributed by atoms with Crippen LogP contribution in [0.2, 0.25) is 0 Å². The fraction of sp³-hybridized carbons (Fsp3) is 0.923. The van der Waals surface area contributed by atoms with E-state index in [2.05, 4.69) is 27.7 Å². The van der Waals surface area contributed by atoms with Crippen LogP contribution in [0.1, 0.15) is 118 Å². The van der Waals surface area contributed by atoms with Crippen molar-refractivity contribution in [2.75, 3.05) is 13.2 Å². The van der Waals surface area contributed by atoms with E-state index in [1.54, 1.807) is 0 Å². The van der Waals surface area contributed by atoms with E-state index in [1.165, 1.54) is 32.1 Å². The zero-order valence-electron chi connectivity index (χ0n) is 20.3. The summed E-state index contributed by atoms with van der Waals surface area (Å²) in [5, 5.41) is 0. The number of carbonyl (C=O) groups is 2. The molecule has 1 rings (SSSR count). The summed E-state index contributed by atoms with van der Waals surface area (Å²) in [6.07, 6.45) is 14.7. The monoisotopic (exact) mass is 424 g/mol. The molecule has 3 unspecified atom stereocenters. The molecule has 0 aromatic carbocycles. The molecule has 0 N–H and O–H groups in total. The number of esters is 2. The molecular formula is C26H48O4. The molecule has 0 heterocycles. The van der Waals surface area contributed by atoms with Gasteiger partial charge in [-0.05, 0) is 50.4 Å². The van der Waals surface area contributed by atoms with Gasteiger partial charge in [-0.1, -0.05) is 79.1 Å². The van der Waals surface area contributed by atoms with Gasteiger partial charge in [0.15, 0.2) is 0 Å². The Kier molecular flexibility index (Phi) is 14.9. The molecule has 4 nitrogen and oxygen atoms in total. The van der Waals surface area contributed by atoms with Crippen LogP contribution in [0.3, 0.4) is 0 Å². The smallest absolute Gasteiger partial charge is 0.308 e. The summed E-state index contributed by atoms with van der Waals surface area (Å²) in [4.78, 5) is 25.0. The summed E-state index contributed by atoms with van der Waals surface area (Å²) in [7, 11) is 0. The van der Waals surface area contributed by atoms with E-state index in [0.717, 1.165) is 57.3 Å². The minimum Gasteiger partial charge on any atom is -0.465 e. The van der Waals surface area contributed by atoms with Crippen LogP contribution < -0.4 is 0 Å². The topological polar surface area (TPSA) is 52.6 Å². The van der Waals surface area contributed by atoms with Gasteiger partial charge in [-0.3, -0.25) is 9.59 Å². The van der Waals surface area contributed by atoms with E-state index >= 15 is 0 Å². The average Bonchev–Trinajstić information content (AvgIpc) is 2.74. The van der Waals surface area contributed by atoms with Gasteiger partial charge in [0.2, 0.25) is 0 Å². The van der Waals surface area contributed by atoms with E-state index in [1.807, 2.05) is 0 Å². The maximum absolute atomic E-state index is 12.6. The summed E-state index contributed by atoms with van der Waals surface area (Å²) >= 11 is 0. The number of hydrogen-bond donors (Lipinski definition) is 0. The lowest BCUT2D eigenvalue weighted by Gasteiger charge is -2.27. The number of carbonyl (C=O) groups excluding carboxylic acids is 2. The second kappa shape index (κ2) is 16.6. The number of rotatable bonds is 16. The quantitative estimate of drug-likeness (QED) is 0.196. The van der Waals surface area contributed by atoms with Crippen molar-refractivity contribution in [2.45, 2.75) is 118 Å². The predicted molar refractivity (Wildman–Crippen MR) is 123 cm³/mol. The van der Waals surface area contributed by atoms with Crippen LogP contribution in [0.5, 0.6) is 0 Å². The van der Waals surface area contributed by atoms with Crippen molar-refractivity contribution in [1.82, 2.24) is 0 Å². The molecule has 3 atom stereocenters. The molecule has 1 aliphatic rings. The fourth-order valence-corrected chi connectivity index (χ4v) is 4.46. The van der Waals surface area contributed by atoms with Gasteiger partial charge in [0.05, 0.1) is 25.0 Å². The molecule has 0 bridgehead atoms. The number of hydrogen-bond acceptors (Lipinski definition) is 4. The van der Waals surface area contributed by atoms with E-state index in [4.69, 9.17) is 9.47 Å². The Balaban J connectivity index is 2.31.